The van der Waals surface area contributed by atoms with Gasteiger partial charge >= 0.3 is 0 Å². The highest BCUT2D eigenvalue weighted by Crippen LogP contribution is 2.29. The average molecular weight is 417 g/mol. The number of hydrogen-bond donors (Lipinski definition) is 1. The van der Waals surface area contributed by atoms with Crippen molar-refractivity contribution in [1.29, 1.82) is 0 Å². The number of anilines is 1. The first kappa shape index (κ1) is 19.6. The summed E-state index contributed by atoms with van der Waals surface area (Å²) in [5, 5.41) is 4.55. The van der Waals surface area contributed by atoms with Crippen LogP contribution in [0.25, 0.3) is 16.9 Å². The van der Waals surface area contributed by atoms with Crippen molar-refractivity contribution in [3.05, 3.63) is 96.7 Å². The van der Waals surface area contributed by atoms with E-state index in [9.17, 15) is 13.2 Å². The lowest BCUT2D eigenvalue weighted by atomic mass is 10.1. The highest BCUT2D eigenvalue weighted by atomic mass is 32.2. The summed E-state index contributed by atoms with van der Waals surface area (Å²) < 4.78 is 30.6. The van der Waals surface area contributed by atoms with Crippen LogP contribution in [0.1, 0.15) is 17.3 Å². The molecule has 0 amide bonds. The Morgan fingerprint density at radius 3 is 2.07 bits per heavy atom. The van der Waals surface area contributed by atoms with Gasteiger partial charge in [0.05, 0.1) is 11.9 Å². The van der Waals surface area contributed by atoms with Crippen LogP contribution in [0.2, 0.25) is 0 Å². The molecular formula is C23H19N3O3S. The zero-order valence-electron chi connectivity index (χ0n) is 16.2. The summed E-state index contributed by atoms with van der Waals surface area (Å²) in [5.41, 5.74) is 2.68. The topological polar surface area (TPSA) is 81.1 Å². The Kier molecular flexibility index (Phi) is 5.20. The number of aromatic nitrogens is 2. The lowest BCUT2D eigenvalue weighted by molar-refractivity contribution is 0.101. The number of rotatable bonds is 6. The summed E-state index contributed by atoms with van der Waals surface area (Å²) >= 11 is 0. The van der Waals surface area contributed by atoms with Crippen molar-refractivity contribution in [1.82, 2.24) is 9.78 Å². The van der Waals surface area contributed by atoms with Crippen LogP contribution in [-0.4, -0.2) is 24.0 Å². The fourth-order valence-electron chi connectivity index (χ4n) is 3.05. The van der Waals surface area contributed by atoms with Gasteiger partial charge in [-0.25, -0.2) is 13.1 Å². The van der Waals surface area contributed by atoms with E-state index >= 15 is 0 Å². The van der Waals surface area contributed by atoms with Gasteiger partial charge in [-0.2, -0.15) is 5.10 Å². The van der Waals surface area contributed by atoms with E-state index in [1.54, 1.807) is 28.9 Å². The Bertz CT molecular complexity index is 1280. The second kappa shape index (κ2) is 7.96. The molecule has 6 nitrogen and oxygen atoms in total. The summed E-state index contributed by atoms with van der Waals surface area (Å²) in [4.78, 5) is 11.5. The van der Waals surface area contributed by atoms with Gasteiger partial charge in [-0.05, 0) is 43.3 Å². The van der Waals surface area contributed by atoms with Crippen molar-refractivity contribution in [2.45, 2.75) is 11.8 Å². The molecule has 1 N–H and O–H groups in total. The number of para-hydroxylation sites is 1. The fourth-order valence-corrected chi connectivity index (χ4v) is 4.26. The summed E-state index contributed by atoms with van der Waals surface area (Å²) in [6.07, 6.45) is 1.50. The second-order valence-electron chi connectivity index (χ2n) is 6.73. The first-order valence-corrected chi connectivity index (χ1v) is 10.8. The molecule has 0 aliphatic rings. The molecule has 0 unspecified atom stereocenters. The lowest BCUT2D eigenvalue weighted by Gasteiger charge is -2.08. The molecule has 4 aromatic rings. The first-order valence-electron chi connectivity index (χ1n) is 9.28. The van der Waals surface area contributed by atoms with Crippen molar-refractivity contribution in [2.24, 2.45) is 0 Å². The van der Waals surface area contributed by atoms with Crippen LogP contribution in [0.15, 0.2) is 96.0 Å². The van der Waals surface area contributed by atoms with Crippen LogP contribution in [0.5, 0.6) is 0 Å². The maximum absolute atomic E-state index is 13.2. The van der Waals surface area contributed by atoms with Gasteiger partial charge in [0.1, 0.15) is 10.6 Å². The standard InChI is InChI=1S/C23H19N3O3S/c1-17(27)18-12-14-20(15-13-18)25-30(28,29)22-16-26(21-10-6-3-7-11-21)24-23(22)19-8-4-2-5-9-19/h2-16,25H,1H3. The number of carbonyl (C=O) groups excluding carboxylic acids is 1. The molecule has 30 heavy (non-hydrogen) atoms. The Balaban J connectivity index is 1.77. The normalized spacial score (nSPS) is 11.2. The third kappa shape index (κ3) is 4.01. The molecule has 0 radical (unpaired) electrons. The second-order valence-corrected chi connectivity index (χ2v) is 8.38. The van der Waals surface area contributed by atoms with Gasteiger partial charge in [-0.1, -0.05) is 48.5 Å². The largest absolute Gasteiger partial charge is 0.295 e. The van der Waals surface area contributed by atoms with Gasteiger partial charge in [-0.3, -0.25) is 9.52 Å². The number of hydrogen-bond acceptors (Lipinski definition) is 4. The van der Waals surface area contributed by atoms with E-state index in [1.807, 2.05) is 60.7 Å². The van der Waals surface area contributed by atoms with Crippen molar-refractivity contribution in [3.8, 4) is 16.9 Å². The van der Waals surface area contributed by atoms with Crippen LogP contribution in [-0.2, 0) is 10.0 Å². The molecule has 0 aliphatic carbocycles. The van der Waals surface area contributed by atoms with E-state index < -0.39 is 10.0 Å². The number of Topliss-reactive ketones (excluding diaryl/α,β-unsaturated/α-hetero) is 1. The summed E-state index contributed by atoms with van der Waals surface area (Å²) in [5.74, 6) is -0.0834. The number of sulfonamides is 1. The summed E-state index contributed by atoms with van der Waals surface area (Å²) in [6.45, 7) is 1.46. The molecule has 0 fully saturated rings. The van der Waals surface area contributed by atoms with Gasteiger partial charge in [0.15, 0.2) is 5.78 Å². The van der Waals surface area contributed by atoms with Crippen LogP contribution < -0.4 is 4.72 Å². The Morgan fingerprint density at radius 1 is 0.867 bits per heavy atom. The molecule has 1 aromatic heterocycles. The number of ketones is 1. The molecular weight excluding hydrogens is 398 g/mol. The van der Waals surface area contributed by atoms with Gasteiger partial charge in [0.25, 0.3) is 10.0 Å². The highest BCUT2D eigenvalue weighted by Gasteiger charge is 2.24. The van der Waals surface area contributed by atoms with E-state index in [-0.39, 0.29) is 10.7 Å². The molecule has 0 aliphatic heterocycles. The van der Waals surface area contributed by atoms with Crippen molar-refractivity contribution < 1.29 is 13.2 Å². The fraction of sp³-hybridized carbons (Fsp3) is 0.0435. The molecule has 0 saturated carbocycles. The van der Waals surface area contributed by atoms with E-state index in [2.05, 4.69) is 9.82 Å². The minimum atomic E-state index is -3.93. The molecule has 150 valence electrons. The predicted molar refractivity (Wildman–Crippen MR) is 116 cm³/mol. The Hall–Kier alpha value is -3.71. The SMILES string of the molecule is CC(=O)c1ccc(NS(=O)(=O)c2cn(-c3ccccc3)nc2-c2ccccc2)cc1. The van der Waals surface area contributed by atoms with E-state index in [4.69, 9.17) is 0 Å². The highest BCUT2D eigenvalue weighted by molar-refractivity contribution is 7.92. The van der Waals surface area contributed by atoms with Gasteiger partial charge in [-0.15, -0.1) is 0 Å². The average Bonchev–Trinajstić information content (AvgIpc) is 3.22. The van der Waals surface area contributed by atoms with Crippen LogP contribution in [0, 0.1) is 0 Å². The smallest absolute Gasteiger partial charge is 0.265 e. The minimum absolute atomic E-state index is 0.0631. The zero-order valence-corrected chi connectivity index (χ0v) is 17.0. The predicted octanol–water partition coefficient (Wildman–Crippen LogP) is 4.54. The Morgan fingerprint density at radius 2 is 1.47 bits per heavy atom. The van der Waals surface area contributed by atoms with Gasteiger partial charge in [0, 0.05) is 16.8 Å². The van der Waals surface area contributed by atoms with Gasteiger partial charge < -0.3 is 0 Å². The molecule has 3 aromatic carbocycles. The van der Waals surface area contributed by atoms with E-state index in [0.717, 1.165) is 5.69 Å². The Labute approximate surface area is 174 Å². The first-order chi connectivity index (χ1) is 14.4. The third-order valence-electron chi connectivity index (χ3n) is 4.58. The molecule has 0 saturated heterocycles. The van der Waals surface area contributed by atoms with E-state index in [1.165, 1.54) is 13.1 Å². The monoisotopic (exact) mass is 417 g/mol. The molecule has 1 heterocycles. The zero-order chi connectivity index (χ0) is 21.1. The molecule has 0 bridgehead atoms. The third-order valence-corrected chi connectivity index (χ3v) is 5.96. The van der Waals surface area contributed by atoms with Crippen LogP contribution >= 0.6 is 0 Å². The maximum atomic E-state index is 13.2. The summed E-state index contributed by atoms with van der Waals surface area (Å²) in [7, 11) is -3.93. The molecule has 0 spiro atoms. The minimum Gasteiger partial charge on any atom is -0.295 e. The van der Waals surface area contributed by atoms with Crippen LogP contribution in [0.3, 0.4) is 0 Å². The maximum Gasteiger partial charge on any atom is 0.265 e. The molecule has 7 heteroatoms. The summed E-state index contributed by atoms with van der Waals surface area (Å²) in [6, 6.07) is 24.8. The van der Waals surface area contributed by atoms with Gasteiger partial charge in [0.2, 0.25) is 0 Å². The molecule has 0 atom stereocenters. The molecule has 4 rings (SSSR count). The van der Waals surface area contributed by atoms with Crippen LogP contribution in [0.4, 0.5) is 5.69 Å². The van der Waals surface area contributed by atoms with Crippen molar-refractivity contribution in [2.75, 3.05) is 4.72 Å². The van der Waals surface area contributed by atoms with E-state index in [0.29, 0.717) is 22.5 Å². The van der Waals surface area contributed by atoms with Crippen molar-refractivity contribution in [3.63, 3.8) is 0 Å². The number of nitrogens with zero attached hydrogens (tertiary/aromatic N) is 2. The van der Waals surface area contributed by atoms with Crippen molar-refractivity contribution >= 4 is 21.5 Å². The quantitative estimate of drug-likeness (QED) is 0.467. The number of nitrogens with one attached hydrogen (secondary N) is 1. The number of benzene rings is 3. The number of carbonyl (C=O) groups is 1. The lowest BCUT2D eigenvalue weighted by Crippen LogP contribution is -2.13.